The van der Waals surface area contributed by atoms with Crippen molar-refractivity contribution in [3.8, 4) is 5.75 Å². The van der Waals surface area contributed by atoms with Gasteiger partial charge in [-0.1, -0.05) is 54.0 Å². The molecule has 8 nitrogen and oxygen atoms in total. The third-order valence-corrected chi connectivity index (χ3v) is 8.14. The van der Waals surface area contributed by atoms with Gasteiger partial charge in [0.2, 0.25) is 17.7 Å². The Kier molecular flexibility index (Phi) is 8.50. The second-order valence-corrected chi connectivity index (χ2v) is 11.0. The van der Waals surface area contributed by atoms with Crippen molar-refractivity contribution in [1.29, 1.82) is 0 Å². The number of aryl methyl sites for hydroxylation is 2. The van der Waals surface area contributed by atoms with Crippen LogP contribution in [0.2, 0.25) is 5.02 Å². The van der Waals surface area contributed by atoms with Crippen molar-refractivity contribution >= 4 is 23.4 Å². The fourth-order valence-electron chi connectivity index (χ4n) is 5.44. The zero-order valence-corrected chi connectivity index (χ0v) is 23.2. The molecule has 0 N–H and O–H groups in total. The van der Waals surface area contributed by atoms with Gasteiger partial charge in [0.1, 0.15) is 5.75 Å². The van der Waals surface area contributed by atoms with Crippen molar-refractivity contribution in [3.05, 3.63) is 76.4 Å². The minimum atomic E-state index is -0.365. The number of amides is 2. The van der Waals surface area contributed by atoms with Gasteiger partial charge >= 0.3 is 0 Å². The number of halogens is 1. The predicted molar refractivity (Wildman–Crippen MR) is 147 cm³/mol. The van der Waals surface area contributed by atoms with Gasteiger partial charge in [-0.05, 0) is 48.6 Å². The highest BCUT2D eigenvalue weighted by molar-refractivity contribution is 6.30. The number of hydrogen-bond acceptors (Lipinski definition) is 6. The lowest BCUT2D eigenvalue weighted by Gasteiger charge is -2.42. The highest BCUT2D eigenvalue weighted by Crippen LogP contribution is 2.37. The summed E-state index contributed by atoms with van der Waals surface area (Å²) in [6.07, 6.45) is 4.09. The summed E-state index contributed by atoms with van der Waals surface area (Å²) in [6, 6.07) is 15.7. The van der Waals surface area contributed by atoms with Crippen LogP contribution in [0.3, 0.4) is 0 Å². The van der Waals surface area contributed by atoms with E-state index in [1.165, 1.54) is 11.1 Å². The Morgan fingerprint density at radius 1 is 1.03 bits per heavy atom. The van der Waals surface area contributed by atoms with Gasteiger partial charge in [0.25, 0.3) is 0 Å². The third-order valence-electron chi connectivity index (χ3n) is 7.91. The zero-order chi connectivity index (χ0) is 27.2. The van der Waals surface area contributed by atoms with E-state index in [0.29, 0.717) is 87.3 Å². The van der Waals surface area contributed by atoms with E-state index in [0.717, 1.165) is 13.0 Å². The molecule has 2 amide bonds. The van der Waals surface area contributed by atoms with E-state index in [1.807, 2.05) is 41.0 Å². The quantitative estimate of drug-likeness (QED) is 0.377. The maximum absolute atomic E-state index is 13.6. The van der Waals surface area contributed by atoms with E-state index >= 15 is 0 Å². The first-order valence-corrected chi connectivity index (χ1v) is 14.1. The standard InChI is InChI=1S/C30H35ClN4O4/c1-2-26-32-27(39-33-26)10-11-28(36)34-16-13-30(14-17-34,21-38-25-9-5-8-24(31)18-25)19-29(37)35-15-12-22-6-3-4-7-23(22)20-35/h3-9,18H,2,10-17,19-21H2,1H3. The summed E-state index contributed by atoms with van der Waals surface area (Å²) in [6.45, 7) is 4.88. The maximum atomic E-state index is 13.6. The van der Waals surface area contributed by atoms with Gasteiger partial charge in [-0.2, -0.15) is 4.98 Å². The second-order valence-electron chi connectivity index (χ2n) is 10.6. The number of hydrogen-bond donors (Lipinski definition) is 0. The molecule has 0 spiro atoms. The van der Waals surface area contributed by atoms with Crippen LogP contribution in [0.25, 0.3) is 0 Å². The van der Waals surface area contributed by atoms with E-state index in [-0.39, 0.29) is 17.2 Å². The number of carbonyl (C=O) groups is 2. The molecule has 1 aromatic heterocycles. The predicted octanol–water partition coefficient (Wildman–Crippen LogP) is 4.88. The molecule has 0 bridgehead atoms. The number of piperidine rings is 1. The first-order valence-electron chi connectivity index (χ1n) is 13.8. The SMILES string of the molecule is CCc1noc(CCC(=O)N2CCC(COc3cccc(Cl)c3)(CC(=O)N3CCc4ccccc4C3)CC2)n1. The van der Waals surface area contributed by atoms with Crippen LogP contribution < -0.4 is 4.74 Å². The Labute approximate surface area is 234 Å². The number of benzene rings is 2. The average Bonchev–Trinajstić information content (AvgIpc) is 3.43. The highest BCUT2D eigenvalue weighted by atomic mass is 35.5. The van der Waals surface area contributed by atoms with Gasteiger partial charge in [0.05, 0.1) is 6.61 Å². The topological polar surface area (TPSA) is 88.8 Å². The molecule has 2 aromatic carbocycles. The molecule has 9 heteroatoms. The molecule has 3 aromatic rings. The largest absolute Gasteiger partial charge is 0.493 e. The summed E-state index contributed by atoms with van der Waals surface area (Å²) < 4.78 is 11.4. The molecule has 0 unspecified atom stereocenters. The summed E-state index contributed by atoms with van der Waals surface area (Å²) in [7, 11) is 0. The van der Waals surface area contributed by atoms with Gasteiger partial charge < -0.3 is 19.1 Å². The minimum Gasteiger partial charge on any atom is -0.493 e. The molecular formula is C30H35ClN4O4. The lowest BCUT2D eigenvalue weighted by atomic mass is 9.75. The maximum Gasteiger partial charge on any atom is 0.227 e. The van der Waals surface area contributed by atoms with Crippen molar-refractivity contribution < 1.29 is 18.8 Å². The van der Waals surface area contributed by atoms with Crippen LogP contribution in [0.15, 0.2) is 53.1 Å². The number of fused-ring (bicyclic) bond motifs is 1. The average molecular weight is 551 g/mol. The first kappa shape index (κ1) is 27.2. The fraction of sp³-hybridized carbons (Fsp3) is 0.467. The zero-order valence-electron chi connectivity index (χ0n) is 22.4. The lowest BCUT2D eigenvalue weighted by molar-refractivity contribution is -0.138. The van der Waals surface area contributed by atoms with Crippen LogP contribution in [0.5, 0.6) is 5.75 Å². The molecule has 0 saturated carbocycles. The Hall–Kier alpha value is -3.39. The van der Waals surface area contributed by atoms with Crippen molar-refractivity contribution in [2.75, 3.05) is 26.2 Å². The normalized spacial score (nSPS) is 16.6. The minimum absolute atomic E-state index is 0.0644. The van der Waals surface area contributed by atoms with Crippen LogP contribution in [-0.4, -0.2) is 58.0 Å². The molecule has 39 heavy (non-hydrogen) atoms. The fourth-order valence-corrected chi connectivity index (χ4v) is 5.62. The molecule has 0 atom stereocenters. The van der Waals surface area contributed by atoms with E-state index in [1.54, 1.807) is 6.07 Å². The summed E-state index contributed by atoms with van der Waals surface area (Å²) in [5.74, 6) is 2.04. The second kappa shape index (κ2) is 12.2. The Bertz CT molecular complexity index is 1300. The number of aromatic nitrogens is 2. The van der Waals surface area contributed by atoms with Crippen LogP contribution in [0.4, 0.5) is 0 Å². The first-order chi connectivity index (χ1) is 18.9. The Morgan fingerprint density at radius 2 is 1.82 bits per heavy atom. The van der Waals surface area contributed by atoms with Crippen LogP contribution >= 0.6 is 11.6 Å². The van der Waals surface area contributed by atoms with Crippen LogP contribution in [0, 0.1) is 5.41 Å². The van der Waals surface area contributed by atoms with Gasteiger partial charge in [-0.3, -0.25) is 9.59 Å². The third kappa shape index (κ3) is 6.79. The Balaban J connectivity index is 1.23. The van der Waals surface area contributed by atoms with E-state index < -0.39 is 0 Å². The summed E-state index contributed by atoms with van der Waals surface area (Å²) in [5, 5.41) is 4.51. The molecule has 1 fully saturated rings. The van der Waals surface area contributed by atoms with Gasteiger partial charge in [0.15, 0.2) is 5.82 Å². The van der Waals surface area contributed by atoms with E-state index in [2.05, 4.69) is 28.3 Å². The summed E-state index contributed by atoms with van der Waals surface area (Å²) >= 11 is 6.17. The van der Waals surface area contributed by atoms with Crippen molar-refractivity contribution in [2.45, 2.75) is 58.4 Å². The van der Waals surface area contributed by atoms with E-state index in [4.69, 9.17) is 20.9 Å². The highest BCUT2D eigenvalue weighted by Gasteiger charge is 2.40. The number of ether oxygens (including phenoxy) is 1. The molecule has 0 radical (unpaired) electrons. The summed E-state index contributed by atoms with van der Waals surface area (Å²) in [5.41, 5.74) is 2.17. The molecular weight excluding hydrogens is 516 g/mol. The van der Waals surface area contributed by atoms with Gasteiger partial charge in [-0.25, -0.2) is 0 Å². The smallest absolute Gasteiger partial charge is 0.227 e. The number of nitrogens with zero attached hydrogens (tertiary/aromatic N) is 4. The van der Waals surface area contributed by atoms with Crippen LogP contribution in [0.1, 0.15) is 55.4 Å². The number of likely N-dealkylation sites (tertiary alicyclic amines) is 1. The van der Waals surface area contributed by atoms with E-state index in [9.17, 15) is 9.59 Å². The molecule has 2 aliphatic rings. The molecule has 1 saturated heterocycles. The Morgan fingerprint density at radius 3 is 2.56 bits per heavy atom. The molecule has 0 aliphatic carbocycles. The summed E-state index contributed by atoms with van der Waals surface area (Å²) in [4.78, 5) is 34.7. The number of carbonyl (C=O) groups excluding carboxylic acids is 2. The molecule has 2 aliphatic heterocycles. The molecule has 3 heterocycles. The van der Waals surface area contributed by atoms with Gasteiger partial charge in [0, 0.05) is 62.3 Å². The lowest BCUT2D eigenvalue weighted by Crippen LogP contribution is -2.48. The molecule has 206 valence electrons. The van der Waals surface area contributed by atoms with Crippen molar-refractivity contribution in [3.63, 3.8) is 0 Å². The monoisotopic (exact) mass is 550 g/mol. The molecule has 5 rings (SSSR count). The number of rotatable bonds is 9. The van der Waals surface area contributed by atoms with Crippen LogP contribution in [-0.2, 0) is 35.4 Å². The van der Waals surface area contributed by atoms with Gasteiger partial charge in [-0.15, -0.1) is 0 Å². The van der Waals surface area contributed by atoms with Crippen molar-refractivity contribution in [1.82, 2.24) is 19.9 Å². The van der Waals surface area contributed by atoms with Crippen molar-refractivity contribution in [2.24, 2.45) is 5.41 Å².